The lowest BCUT2D eigenvalue weighted by Crippen LogP contribution is -2.27. The summed E-state index contributed by atoms with van der Waals surface area (Å²) in [5.74, 6) is -0.363. The van der Waals surface area contributed by atoms with Gasteiger partial charge in [-0.1, -0.05) is 24.3 Å². The highest BCUT2D eigenvalue weighted by Crippen LogP contribution is 2.30. The van der Waals surface area contributed by atoms with E-state index in [2.05, 4.69) is 9.98 Å². The lowest BCUT2D eigenvalue weighted by molar-refractivity contribution is 0.0778. The number of pyridine rings is 1. The number of benzene rings is 2. The van der Waals surface area contributed by atoms with Gasteiger partial charge in [-0.3, -0.25) is 9.79 Å². The maximum absolute atomic E-state index is 13.7. The molecule has 0 spiro atoms. The van der Waals surface area contributed by atoms with E-state index in [1.807, 2.05) is 13.0 Å². The Labute approximate surface area is 185 Å². The monoisotopic (exact) mass is 435 g/mol. The minimum atomic E-state index is -0.550. The van der Waals surface area contributed by atoms with Gasteiger partial charge in [0.1, 0.15) is 18.2 Å². The van der Waals surface area contributed by atoms with Gasteiger partial charge in [0.2, 0.25) is 5.88 Å². The molecule has 0 fully saturated rings. The number of fused-ring (bicyclic) bond motifs is 1. The molecule has 0 N–H and O–H groups in total. The molecule has 0 radical (unpaired) electrons. The summed E-state index contributed by atoms with van der Waals surface area (Å²) >= 11 is 0. The van der Waals surface area contributed by atoms with E-state index in [9.17, 15) is 13.6 Å². The minimum absolute atomic E-state index is 0.226. The Hall–Kier alpha value is -3.61. The highest BCUT2D eigenvalue weighted by molar-refractivity contribution is 5.93. The molecule has 1 amide bonds. The van der Waals surface area contributed by atoms with Gasteiger partial charge in [0.25, 0.3) is 5.91 Å². The van der Waals surface area contributed by atoms with Gasteiger partial charge in [0.15, 0.2) is 0 Å². The van der Waals surface area contributed by atoms with Crippen molar-refractivity contribution in [2.24, 2.45) is 4.99 Å². The Morgan fingerprint density at radius 1 is 1.16 bits per heavy atom. The fraction of sp³-hybridized carbons (Fsp3) is 0.240. The standard InChI is InChI=1S/C25H23F2N3O2/c1-3-32-24-20(16-5-4-6-19(27)11-16)9-10-23(29-24)25(31)30(2)15-18-8-7-17(12-26)21-13-28-14-22(18)21/h4-11,13H,3,12,14-15H2,1-2H3. The molecule has 0 aliphatic carbocycles. The molecule has 1 aliphatic heterocycles. The van der Waals surface area contributed by atoms with Crippen LogP contribution in [-0.4, -0.2) is 35.7 Å². The summed E-state index contributed by atoms with van der Waals surface area (Å²) in [7, 11) is 1.69. The van der Waals surface area contributed by atoms with E-state index in [-0.39, 0.29) is 23.3 Å². The van der Waals surface area contributed by atoms with Crippen LogP contribution in [0.3, 0.4) is 0 Å². The zero-order valence-corrected chi connectivity index (χ0v) is 17.9. The average Bonchev–Trinajstić information content (AvgIpc) is 3.29. The molecule has 4 rings (SSSR count). The van der Waals surface area contributed by atoms with Gasteiger partial charge in [-0.2, -0.15) is 0 Å². The Morgan fingerprint density at radius 3 is 2.72 bits per heavy atom. The third-order valence-corrected chi connectivity index (χ3v) is 5.41. The first kappa shape index (κ1) is 21.6. The van der Waals surface area contributed by atoms with E-state index in [4.69, 9.17) is 4.74 Å². The van der Waals surface area contributed by atoms with Crippen LogP contribution in [-0.2, 0) is 19.8 Å². The molecule has 2 aromatic carbocycles. The molecular weight excluding hydrogens is 412 g/mol. The average molecular weight is 435 g/mol. The van der Waals surface area contributed by atoms with Crippen LogP contribution < -0.4 is 4.74 Å². The smallest absolute Gasteiger partial charge is 0.272 e. The third-order valence-electron chi connectivity index (χ3n) is 5.41. The van der Waals surface area contributed by atoms with Crippen LogP contribution in [0.5, 0.6) is 5.88 Å². The van der Waals surface area contributed by atoms with E-state index >= 15 is 0 Å². The summed E-state index contributed by atoms with van der Waals surface area (Å²) in [6.45, 7) is 2.45. The Kier molecular flexibility index (Phi) is 6.25. The predicted octanol–water partition coefficient (Wildman–Crippen LogP) is 4.96. The number of halogens is 2. The van der Waals surface area contributed by atoms with Gasteiger partial charge in [0.05, 0.1) is 13.2 Å². The van der Waals surface area contributed by atoms with Crippen molar-refractivity contribution >= 4 is 12.1 Å². The van der Waals surface area contributed by atoms with Crippen LogP contribution in [0, 0.1) is 5.82 Å². The summed E-state index contributed by atoms with van der Waals surface area (Å²) in [5, 5.41) is 0. The van der Waals surface area contributed by atoms with Gasteiger partial charge in [-0.25, -0.2) is 13.8 Å². The molecule has 0 saturated carbocycles. The van der Waals surface area contributed by atoms with Crippen molar-refractivity contribution < 1.29 is 18.3 Å². The van der Waals surface area contributed by atoms with Crippen LogP contribution in [0.2, 0.25) is 0 Å². The van der Waals surface area contributed by atoms with Crippen molar-refractivity contribution in [2.45, 2.75) is 26.7 Å². The number of ether oxygens (including phenoxy) is 1. The second-order valence-corrected chi connectivity index (χ2v) is 7.53. The maximum atomic E-state index is 13.7. The lowest BCUT2D eigenvalue weighted by Gasteiger charge is -2.20. The van der Waals surface area contributed by atoms with Gasteiger partial charge in [-0.05, 0) is 53.4 Å². The highest BCUT2D eigenvalue weighted by Gasteiger charge is 2.21. The molecule has 1 aromatic heterocycles. The van der Waals surface area contributed by atoms with Crippen molar-refractivity contribution in [3.05, 3.63) is 82.3 Å². The molecule has 7 heteroatoms. The fourth-order valence-electron chi connectivity index (χ4n) is 3.80. The topological polar surface area (TPSA) is 54.8 Å². The van der Waals surface area contributed by atoms with Gasteiger partial charge < -0.3 is 9.64 Å². The molecule has 32 heavy (non-hydrogen) atoms. The zero-order valence-electron chi connectivity index (χ0n) is 17.9. The molecule has 1 aliphatic rings. The van der Waals surface area contributed by atoms with E-state index in [1.54, 1.807) is 48.5 Å². The second kappa shape index (κ2) is 9.26. The number of alkyl halides is 1. The number of carbonyl (C=O) groups is 1. The number of amides is 1. The third kappa shape index (κ3) is 4.23. The van der Waals surface area contributed by atoms with Gasteiger partial charge in [-0.15, -0.1) is 0 Å². The fourth-order valence-corrected chi connectivity index (χ4v) is 3.80. The molecule has 2 heterocycles. The summed E-state index contributed by atoms with van der Waals surface area (Å²) < 4.78 is 32.6. The summed E-state index contributed by atoms with van der Waals surface area (Å²) in [6.07, 6.45) is 1.69. The predicted molar refractivity (Wildman–Crippen MR) is 119 cm³/mol. The number of nitrogens with zero attached hydrogens (tertiary/aromatic N) is 3. The van der Waals surface area contributed by atoms with E-state index < -0.39 is 6.67 Å². The molecule has 0 atom stereocenters. The zero-order chi connectivity index (χ0) is 22.7. The van der Waals surface area contributed by atoms with Crippen LogP contribution in [0.4, 0.5) is 8.78 Å². The molecular formula is C25H23F2N3O2. The number of rotatable bonds is 7. The van der Waals surface area contributed by atoms with Gasteiger partial charge in [0, 0.05) is 30.9 Å². The van der Waals surface area contributed by atoms with E-state index in [1.165, 1.54) is 12.1 Å². The number of carbonyl (C=O) groups excluding carboxylic acids is 1. The summed E-state index contributed by atoms with van der Waals surface area (Å²) in [6, 6.07) is 13.1. The van der Waals surface area contributed by atoms with Crippen LogP contribution in [0.25, 0.3) is 11.1 Å². The Morgan fingerprint density at radius 2 is 1.97 bits per heavy atom. The van der Waals surface area contributed by atoms with E-state index in [0.29, 0.717) is 36.4 Å². The van der Waals surface area contributed by atoms with E-state index in [0.717, 1.165) is 16.7 Å². The quantitative estimate of drug-likeness (QED) is 0.527. The molecule has 0 saturated heterocycles. The van der Waals surface area contributed by atoms with Crippen molar-refractivity contribution in [3.63, 3.8) is 0 Å². The first-order valence-electron chi connectivity index (χ1n) is 10.4. The number of hydrogen-bond donors (Lipinski definition) is 0. The minimum Gasteiger partial charge on any atom is -0.478 e. The maximum Gasteiger partial charge on any atom is 0.272 e. The van der Waals surface area contributed by atoms with Crippen LogP contribution >= 0.6 is 0 Å². The number of aliphatic imine (C=N–C) groups is 1. The molecule has 0 bridgehead atoms. The lowest BCUT2D eigenvalue weighted by atomic mass is 9.98. The molecule has 5 nitrogen and oxygen atoms in total. The van der Waals surface area contributed by atoms with Crippen molar-refractivity contribution in [1.82, 2.24) is 9.88 Å². The van der Waals surface area contributed by atoms with Crippen molar-refractivity contribution in [3.8, 4) is 17.0 Å². The summed E-state index contributed by atoms with van der Waals surface area (Å²) in [4.78, 5) is 23.3. The first-order valence-corrected chi connectivity index (χ1v) is 10.4. The molecule has 3 aromatic rings. The van der Waals surface area contributed by atoms with Crippen LogP contribution in [0.15, 0.2) is 53.5 Å². The first-order chi connectivity index (χ1) is 15.5. The van der Waals surface area contributed by atoms with Crippen molar-refractivity contribution in [2.75, 3.05) is 13.7 Å². The Bertz CT molecular complexity index is 1190. The normalized spacial score (nSPS) is 12.0. The highest BCUT2D eigenvalue weighted by atomic mass is 19.1. The number of aromatic nitrogens is 1. The summed E-state index contributed by atoms with van der Waals surface area (Å²) in [5.41, 5.74) is 4.75. The Balaban J connectivity index is 1.59. The van der Waals surface area contributed by atoms with Crippen molar-refractivity contribution in [1.29, 1.82) is 0 Å². The van der Waals surface area contributed by atoms with Crippen LogP contribution in [0.1, 0.15) is 39.7 Å². The SMILES string of the molecule is CCOc1nc(C(=O)N(C)Cc2ccc(CF)c3c2CN=C3)ccc1-c1cccc(F)c1. The number of hydrogen-bond acceptors (Lipinski definition) is 4. The second-order valence-electron chi connectivity index (χ2n) is 7.53. The molecule has 164 valence electrons. The molecule has 0 unspecified atom stereocenters. The van der Waals surface area contributed by atoms with Gasteiger partial charge >= 0.3 is 0 Å². The largest absolute Gasteiger partial charge is 0.478 e.